The zero-order valence-corrected chi connectivity index (χ0v) is 12.0. The number of carboxylic acids is 1. The number of nitrogens with one attached hydrogen (secondary N) is 1. The summed E-state index contributed by atoms with van der Waals surface area (Å²) >= 11 is 1.76. The van der Waals surface area contributed by atoms with Crippen LogP contribution in [0.5, 0.6) is 0 Å². The van der Waals surface area contributed by atoms with Crippen molar-refractivity contribution >= 4 is 23.1 Å². The molecule has 0 unspecified atom stereocenters. The molecule has 0 aliphatic rings. The number of aromatic nitrogens is 1. The highest BCUT2D eigenvalue weighted by Crippen LogP contribution is 2.21. The van der Waals surface area contributed by atoms with Gasteiger partial charge in [0, 0.05) is 9.75 Å². The normalized spacial score (nSPS) is 10.5. The SMILES string of the molecule is Cc1cc(CNc2ccc(C(=O)O)c(C)n2)sc1C. The average molecular weight is 276 g/mol. The van der Waals surface area contributed by atoms with Crippen molar-refractivity contribution in [2.24, 2.45) is 0 Å². The van der Waals surface area contributed by atoms with Gasteiger partial charge in [-0.3, -0.25) is 0 Å². The van der Waals surface area contributed by atoms with Crippen LogP contribution in [0.4, 0.5) is 5.82 Å². The molecule has 0 atom stereocenters. The molecule has 0 radical (unpaired) electrons. The molecule has 0 aliphatic carbocycles. The predicted molar refractivity (Wildman–Crippen MR) is 77.1 cm³/mol. The molecule has 19 heavy (non-hydrogen) atoms. The molecule has 0 saturated carbocycles. The van der Waals surface area contributed by atoms with Gasteiger partial charge in [0.25, 0.3) is 0 Å². The second kappa shape index (κ2) is 5.40. The van der Waals surface area contributed by atoms with Crippen molar-refractivity contribution in [3.63, 3.8) is 0 Å². The molecule has 100 valence electrons. The molecule has 2 N–H and O–H groups in total. The van der Waals surface area contributed by atoms with Gasteiger partial charge in [0.15, 0.2) is 0 Å². The first-order valence-electron chi connectivity index (χ1n) is 5.98. The number of hydrogen-bond acceptors (Lipinski definition) is 4. The fraction of sp³-hybridized carbons (Fsp3) is 0.286. The molecule has 2 rings (SSSR count). The number of hydrogen-bond donors (Lipinski definition) is 2. The maximum Gasteiger partial charge on any atom is 0.337 e. The monoisotopic (exact) mass is 276 g/mol. The first kappa shape index (κ1) is 13.5. The smallest absolute Gasteiger partial charge is 0.337 e. The topological polar surface area (TPSA) is 62.2 Å². The fourth-order valence-electron chi connectivity index (χ4n) is 1.80. The highest BCUT2D eigenvalue weighted by molar-refractivity contribution is 7.12. The summed E-state index contributed by atoms with van der Waals surface area (Å²) < 4.78 is 0. The van der Waals surface area contributed by atoms with Gasteiger partial charge in [-0.1, -0.05) is 0 Å². The Kier molecular flexibility index (Phi) is 3.85. The van der Waals surface area contributed by atoms with Gasteiger partial charge >= 0.3 is 5.97 Å². The van der Waals surface area contributed by atoms with E-state index in [2.05, 4.69) is 30.2 Å². The van der Waals surface area contributed by atoms with E-state index in [1.165, 1.54) is 15.3 Å². The number of carbonyl (C=O) groups is 1. The van der Waals surface area contributed by atoms with E-state index in [4.69, 9.17) is 5.11 Å². The number of aromatic carboxylic acids is 1. The number of anilines is 1. The average Bonchev–Trinajstić information content (AvgIpc) is 2.66. The third-order valence-corrected chi connectivity index (χ3v) is 4.13. The van der Waals surface area contributed by atoms with E-state index >= 15 is 0 Å². The van der Waals surface area contributed by atoms with Gasteiger partial charge in [0.1, 0.15) is 5.82 Å². The van der Waals surface area contributed by atoms with Gasteiger partial charge in [-0.25, -0.2) is 9.78 Å². The number of rotatable bonds is 4. The minimum atomic E-state index is -0.943. The minimum Gasteiger partial charge on any atom is -0.478 e. The summed E-state index contributed by atoms with van der Waals surface area (Å²) in [5.41, 5.74) is 2.07. The molecule has 0 aromatic carbocycles. The lowest BCUT2D eigenvalue weighted by Gasteiger charge is -2.06. The van der Waals surface area contributed by atoms with Crippen molar-refractivity contribution < 1.29 is 9.90 Å². The third kappa shape index (κ3) is 3.12. The first-order chi connectivity index (χ1) is 8.97. The maximum absolute atomic E-state index is 10.9. The van der Waals surface area contributed by atoms with E-state index in [9.17, 15) is 4.79 Å². The van der Waals surface area contributed by atoms with Crippen LogP contribution in [0.1, 0.15) is 31.4 Å². The van der Waals surface area contributed by atoms with Crippen molar-refractivity contribution in [1.82, 2.24) is 4.98 Å². The summed E-state index contributed by atoms with van der Waals surface area (Å²) in [5, 5.41) is 12.2. The van der Waals surface area contributed by atoms with Crippen molar-refractivity contribution in [2.45, 2.75) is 27.3 Å². The maximum atomic E-state index is 10.9. The molecule has 5 heteroatoms. The Hall–Kier alpha value is -1.88. The Morgan fingerprint density at radius 1 is 1.37 bits per heavy atom. The van der Waals surface area contributed by atoms with Crippen LogP contribution in [0.15, 0.2) is 18.2 Å². The summed E-state index contributed by atoms with van der Waals surface area (Å²) in [4.78, 5) is 17.7. The molecule has 4 nitrogen and oxygen atoms in total. The zero-order chi connectivity index (χ0) is 14.0. The summed E-state index contributed by atoms with van der Waals surface area (Å²) in [6, 6.07) is 5.44. The Morgan fingerprint density at radius 3 is 2.63 bits per heavy atom. The number of pyridine rings is 1. The van der Waals surface area contributed by atoms with E-state index in [1.54, 1.807) is 30.4 Å². The molecule has 0 fully saturated rings. The second-order valence-electron chi connectivity index (χ2n) is 4.44. The number of nitrogens with zero attached hydrogens (tertiary/aromatic N) is 1. The van der Waals surface area contributed by atoms with Crippen LogP contribution >= 0.6 is 11.3 Å². The quantitative estimate of drug-likeness (QED) is 0.898. The molecular formula is C14H16N2O2S. The van der Waals surface area contributed by atoms with Crippen LogP contribution in [-0.2, 0) is 6.54 Å². The first-order valence-corrected chi connectivity index (χ1v) is 6.79. The molecule has 2 heterocycles. The Balaban J connectivity index is 2.08. The van der Waals surface area contributed by atoms with E-state index in [0.717, 1.165) is 0 Å². The summed E-state index contributed by atoms with van der Waals surface area (Å²) in [5.74, 6) is -0.243. The van der Waals surface area contributed by atoms with Crippen molar-refractivity contribution in [3.8, 4) is 0 Å². The summed E-state index contributed by atoms with van der Waals surface area (Å²) in [6.45, 7) is 6.61. The van der Waals surface area contributed by atoms with Gasteiger partial charge in [-0.2, -0.15) is 0 Å². The molecule has 2 aromatic rings. The van der Waals surface area contributed by atoms with Crippen LogP contribution < -0.4 is 5.32 Å². The van der Waals surface area contributed by atoms with Crippen LogP contribution in [0.25, 0.3) is 0 Å². The van der Waals surface area contributed by atoms with E-state index in [-0.39, 0.29) is 5.56 Å². The lowest BCUT2D eigenvalue weighted by molar-refractivity contribution is 0.0695. The molecule has 0 amide bonds. The van der Waals surface area contributed by atoms with Gasteiger partial charge in [-0.05, 0) is 44.5 Å². The molecule has 0 saturated heterocycles. The highest BCUT2D eigenvalue weighted by atomic mass is 32.1. The number of thiophene rings is 1. The van der Waals surface area contributed by atoms with Crippen molar-refractivity contribution in [3.05, 3.63) is 44.8 Å². The summed E-state index contributed by atoms with van der Waals surface area (Å²) in [7, 11) is 0. The predicted octanol–water partition coefficient (Wildman–Crippen LogP) is 3.38. The van der Waals surface area contributed by atoms with Gasteiger partial charge in [-0.15, -0.1) is 11.3 Å². The minimum absolute atomic E-state index is 0.244. The Bertz CT molecular complexity index is 600. The van der Waals surface area contributed by atoms with Crippen molar-refractivity contribution in [1.29, 1.82) is 0 Å². The molecule has 0 bridgehead atoms. The largest absolute Gasteiger partial charge is 0.478 e. The van der Waals surface area contributed by atoms with E-state index in [0.29, 0.717) is 18.1 Å². The lowest BCUT2D eigenvalue weighted by atomic mass is 10.2. The van der Waals surface area contributed by atoms with Crippen molar-refractivity contribution in [2.75, 3.05) is 5.32 Å². The number of carboxylic acid groups (broad SMARTS) is 1. The number of aryl methyl sites for hydroxylation is 3. The Morgan fingerprint density at radius 2 is 2.11 bits per heavy atom. The summed E-state index contributed by atoms with van der Waals surface area (Å²) in [6.07, 6.45) is 0. The van der Waals surface area contributed by atoms with Crippen LogP contribution in [0.2, 0.25) is 0 Å². The zero-order valence-electron chi connectivity index (χ0n) is 11.2. The fourth-order valence-corrected chi connectivity index (χ4v) is 2.79. The molecular weight excluding hydrogens is 260 g/mol. The lowest BCUT2D eigenvalue weighted by Crippen LogP contribution is -2.05. The highest BCUT2D eigenvalue weighted by Gasteiger charge is 2.08. The molecule has 2 aromatic heterocycles. The van der Waals surface area contributed by atoms with Gasteiger partial charge in [0.2, 0.25) is 0 Å². The van der Waals surface area contributed by atoms with Gasteiger partial charge in [0.05, 0.1) is 17.8 Å². The molecule has 0 aliphatic heterocycles. The van der Waals surface area contributed by atoms with Gasteiger partial charge < -0.3 is 10.4 Å². The van der Waals surface area contributed by atoms with Crippen LogP contribution in [0.3, 0.4) is 0 Å². The van der Waals surface area contributed by atoms with E-state index in [1.807, 2.05) is 0 Å². The Labute approximate surface area is 116 Å². The second-order valence-corrected chi connectivity index (χ2v) is 5.78. The van der Waals surface area contributed by atoms with Crippen LogP contribution in [0, 0.1) is 20.8 Å². The third-order valence-electron chi connectivity index (χ3n) is 2.98. The van der Waals surface area contributed by atoms with Crippen LogP contribution in [-0.4, -0.2) is 16.1 Å². The van der Waals surface area contributed by atoms with E-state index < -0.39 is 5.97 Å². The standard InChI is InChI=1S/C14H16N2O2S/c1-8-6-11(19-10(8)3)7-15-13-5-4-12(14(17)18)9(2)16-13/h4-6H,7H2,1-3H3,(H,15,16)(H,17,18). The molecule has 0 spiro atoms.